The Morgan fingerprint density at radius 2 is 2.20 bits per heavy atom. The lowest BCUT2D eigenvalue weighted by atomic mass is 10.1. The largest absolute Gasteiger partial charge is 0.477 e. The van der Waals surface area contributed by atoms with Crippen LogP contribution in [-0.4, -0.2) is 17.1 Å². The van der Waals surface area contributed by atoms with Crippen molar-refractivity contribution in [3.05, 3.63) is 34.7 Å². The van der Waals surface area contributed by atoms with Gasteiger partial charge in [-0.25, -0.2) is 4.79 Å². The van der Waals surface area contributed by atoms with Crippen molar-refractivity contribution in [1.29, 1.82) is 0 Å². The van der Waals surface area contributed by atoms with E-state index in [1.54, 1.807) is 0 Å². The van der Waals surface area contributed by atoms with E-state index in [0.29, 0.717) is 23.4 Å². The molecule has 0 aliphatic heterocycles. The molecule has 2 aromatic rings. The van der Waals surface area contributed by atoms with Gasteiger partial charge in [0.15, 0.2) is 0 Å². The number of rotatable bonds is 4. The summed E-state index contributed by atoms with van der Waals surface area (Å²) in [7, 11) is 0. The van der Waals surface area contributed by atoms with Crippen molar-refractivity contribution in [1.82, 2.24) is 5.32 Å². The van der Waals surface area contributed by atoms with Crippen molar-refractivity contribution in [2.24, 2.45) is 5.92 Å². The number of thiophene rings is 1. The number of fused-ring (bicyclic) bond motifs is 1. The molecule has 1 saturated carbocycles. The van der Waals surface area contributed by atoms with E-state index in [1.807, 2.05) is 24.3 Å². The minimum Gasteiger partial charge on any atom is -0.477 e. The summed E-state index contributed by atoms with van der Waals surface area (Å²) in [5.41, 5.74) is 0.942. The van der Waals surface area contributed by atoms with Crippen molar-refractivity contribution < 1.29 is 9.90 Å². The van der Waals surface area contributed by atoms with E-state index in [-0.39, 0.29) is 0 Å². The Morgan fingerprint density at radius 1 is 1.40 bits per heavy atom. The second kappa shape index (κ2) is 5.54. The molecule has 4 heteroatoms. The van der Waals surface area contributed by atoms with Crippen LogP contribution < -0.4 is 5.32 Å². The Hall–Kier alpha value is -1.39. The summed E-state index contributed by atoms with van der Waals surface area (Å²) in [4.78, 5) is 11.9. The van der Waals surface area contributed by atoms with Crippen molar-refractivity contribution in [3.63, 3.8) is 0 Å². The highest BCUT2D eigenvalue weighted by atomic mass is 32.1. The Bertz CT molecular complexity index is 634. The van der Waals surface area contributed by atoms with Crippen LogP contribution >= 0.6 is 11.3 Å². The first-order valence-corrected chi connectivity index (χ1v) is 7.95. The van der Waals surface area contributed by atoms with Gasteiger partial charge in [-0.15, -0.1) is 11.3 Å². The fourth-order valence-corrected chi connectivity index (χ4v) is 4.19. The van der Waals surface area contributed by atoms with Crippen LogP contribution in [0.1, 0.15) is 41.4 Å². The van der Waals surface area contributed by atoms with E-state index in [9.17, 15) is 9.90 Å². The molecule has 0 amide bonds. The first-order valence-electron chi connectivity index (χ1n) is 7.14. The van der Waals surface area contributed by atoms with E-state index in [4.69, 9.17) is 0 Å². The van der Waals surface area contributed by atoms with Gasteiger partial charge < -0.3 is 10.4 Å². The van der Waals surface area contributed by atoms with Gasteiger partial charge in [-0.2, -0.15) is 0 Å². The minimum absolute atomic E-state index is 0.476. The Labute approximate surface area is 122 Å². The maximum absolute atomic E-state index is 11.4. The van der Waals surface area contributed by atoms with Gasteiger partial charge in [0.05, 0.1) is 0 Å². The van der Waals surface area contributed by atoms with E-state index >= 15 is 0 Å². The van der Waals surface area contributed by atoms with Gasteiger partial charge in [0.1, 0.15) is 4.88 Å². The average molecular weight is 289 g/mol. The lowest BCUT2D eigenvalue weighted by Gasteiger charge is -2.17. The Kier molecular flexibility index (Phi) is 3.76. The third-order valence-corrected chi connectivity index (χ3v) is 5.50. The molecule has 1 aliphatic carbocycles. The van der Waals surface area contributed by atoms with E-state index in [1.165, 1.54) is 30.6 Å². The molecule has 1 aliphatic rings. The smallest absolute Gasteiger partial charge is 0.346 e. The van der Waals surface area contributed by atoms with Gasteiger partial charge in [0, 0.05) is 17.3 Å². The van der Waals surface area contributed by atoms with Crippen molar-refractivity contribution >= 4 is 27.4 Å². The fraction of sp³-hybridized carbons (Fsp3) is 0.438. The number of hydrogen-bond donors (Lipinski definition) is 2. The molecule has 0 bridgehead atoms. The third-order valence-electron chi connectivity index (χ3n) is 4.30. The van der Waals surface area contributed by atoms with Crippen LogP contribution in [0.15, 0.2) is 24.3 Å². The van der Waals surface area contributed by atoms with Gasteiger partial charge >= 0.3 is 5.97 Å². The first-order chi connectivity index (χ1) is 9.66. The molecule has 106 valence electrons. The number of nitrogens with one attached hydrogen (secondary N) is 1. The molecular weight excluding hydrogens is 270 g/mol. The summed E-state index contributed by atoms with van der Waals surface area (Å²) in [6, 6.07) is 8.47. The maximum Gasteiger partial charge on any atom is 0.346 e. The number of aromatic carboxylic acids is 1. The molecule has 1 fully saturated rings. The number of carboxylic acids is 1. The highest BCUT2D eigenvalue weighted by molar-refractivity contribution is 7.21. The second-order valence-electron chi connectivity index (χ2n) is 5.61. The number of carboxylic acid groups (broad SMARTS) is 1. The molecule has 0 spiro atoms. The molecule has 2 atom stereocenters. The molecule has 20 heavy (non-hydrogen) atoms. The Morgan fingerprint density at radius 3 is 2.90 bits per heavy atom. The SMILES string of the molecule is CC1CCCC1NCc1c(C(=O)O)sc2ccccc12. The number of carbonyl (C=O) groups is 1. The first kappa shape index (κ1) is 13.6. The van der Waals surface area contributed by atoms with Crippen LogP contribution in [-0.2, 0) is 6.54 Å². The molecular formula is C16H19NO2S. The van der Waals surface area contributed by atoms with Crippen LogP contribution in [0.5, 0.6) is 0 Å². The molecule has 0 saturated heterocycles. The van der Waals surface area contributed by atoms with Crippen LogP contribution in [0.2, 0.25) is 0 Å². The summed E-state index contributed by atoms with van der Waals surface area (Å²) in [6.07, 6.45) is 3.74. The molecule has 3 nitrogen and oxygen atoms in total. The highest BCUT2D eigenvalue weighted by Crippen LogP contribution is 2.32. The van der Waals surface area contributed by atoms with E-state index in [2.05, 4.69) is 12.2 Å². The molecule has 0 radical (unpaired) electrons. The lowest BCUT2D eigenvalue weighted by Crippen LogP contribution is -2.30. The summed E-state index contributed by atoms with van der Waals surface area (Å²) in [5, 5.41) is 14.0. The van der Waals surface area contributed by atoms with Gasteiger partial charge in [-0.3, -0.25) is 0 Å². The molecule has 2 N–H and O–H groups in total. The predicted octanol–water partition coefficient (Wildman–Crippen LogP) is 3.88. The quantitative estimate of drug-likeness (QED) is 0.898. The van der Waals surface area contributed by atoms with Crippen LogP contribution in [0.4, 0.5) is 0 Å². The minimum atomic E-state index is -0.817. The summed E-state index contributed by atoms with van der Waals surface area (Å²) < 4.78 is 1.06. The zero-order valence-corrected chi connectivity index (χ0v) is 12.4. The molecule has 3 rings (SSSR count). The van der Waals surface area contributed by atoms with Crippen LogP contribution in [0.25, 0.3) is 10.1 Å². The molecule has 1 aromatic heterocycles. The van der Waals surface area contributed by atoms with Crippen LogP contribution in [0, 0.1) is 5.92 Å². The molecule has 1 heterocycles. The number of hydrogen-bond acceptors (Lipinski definition) is 3. The topological polar surface area (TPSA) is 49.3 Å². The van der Waals surface area contributed by atoms with Crippen LogP contribution in [0.3, 0.4) is 0 Å². The number of benzene rings is 1. The van der Waals surface area contributed by atoms with Gasteiger partial charge in [0.2, 0.25) is 0 Å². The van der Waals surface area contributed by atoms with E-state index in [0.717, 1.165) is 15.6 Å². The van der Waals surface area contributed by atoms with Crippen molar-refractivity contribution in [3.8, 4) is 0 Å². The zero-order chi connectivity index (χ0) is 14.1. The predicted molar refractivity (Wildman–Crippen MR) is 82.4 cm³/mol. The highest BCUT2D eigenvalue weighted by Gasteiger charge is 2.24. The standard InChI is InChI=1S/C16H19NO2S/c1-10-5-4-7-13(10)17-9-12-11-6-2-3-8-14(11)20-15(12)16(18)19/h2-3,6,8,10,13,17H,4-5,7,9H2,1H3,(H,18,19). The van der Waals surface area contributed by atoms with Crippen molar-refractivity contribution in [2.75, 3.05) is 0 Å². The van der Waals surface area contributed by atoms with Gasteiger partial charge in [-0.05, 0) is 35.8 Å². The summed E-state index contributed by atoms with van der Waals surface area (Å²) in [5.74, 6) is -0.129. The summed E-state index contributed by atoms with van der Waals surface area (Å²) in [6.45, 7) is 2.93. The molecule has 1 aromatic carbocycles. The third kappa shape index (κ3) is 2.45. The van der Waals surface area contributed by atoms with Gasteiger partial charge in [-0.1, -0.05) is 31.5 Å². The average Bonchev–Trinajstić information content (AvgIpc) is 3.00. The van der Waals surface area contributed by atoms with E-state index < -0.39 is 5.97 Å². The van der Waals surface area contributed by atoms with Crippen molar-refractivity contribution in [2.45, 2.75) is 38.8 Å². The zero-order valence-electron chi connectivity index (χ0n) is 11.6. The Balaban J connectivity index is 1.89. The molecule has 2 unspecified atom stereocenters. The van der Waals surface area contributed by atoms with Gasteiger partial charge in [0.25, 0.3) is 0 Å². The lowest BCUT2D eigenvalue weighted by molar-refractivity contribution is 0.0701. The normalized spacial score (nSPS) is 22.4. The fourth-order valence-electron chi connectivity index (χ4n) is 3.13. The maximum atomic E-state index is 11.4. The monoisotopic (exact) mass is 289 g/mol. The summed E-state index contributed by atoms with van der Waals surface area (Å²) >= 11 is 1.38. The second-order valence-corrected chi connectivity index (χ2v) is 6.66.